The zero-order valence-corrected chi connectivity index (χ0v) is 18.7. The predicted molar refractivity (Wildman–Crippen MR) is 116 cm³/mol. The molecule has 0 bridgehead atoms. The number of ether oxygens (including phenoxy) is 1. The molecule has 5 nitrogen and oxygen atoms in total. The first-order chi connectivity index (χ1) is 12.9. The quantitative estimate of drug-likeness (QED) is 0.329. The van der Waals surface area contributed by atoms with E-state index >= 15 is 0 Å². The third-order valence-corrected chi connectivity index (χ3v) is 4.49. The third-order valence-electron chi connectivity index (χ3n) is 4.49. The van der Waals surface area contributed by atoms with Gasteiger partial charge in [-0.05, 0) is 19.0 Å². The molecule has 1 atom stereocenters. The molecule has 160 valence electrons. The molecule has 1 aliphatic heterocycles. The number of guanidine groups is 1. The van der Waals surface area contributed by atoms with E-state index < -0.39 is 12.7 Å². The number of likely N-dealkylation sites (tertiary alicyclic amines) is 1. The van der Waals surface area contributed by atoms with Gasteiger partial charge in [0.05, 0.1) is 19.8 Å². The predicted octanol–water partition coefficient (Wildman–Crippen LogP) is 3.21. The normalized spacial score (nSPS) is 17.7. The summed E-state index contributed by atoms with van der Waals surface area (Å²) in [5.41, 5.74) is 1.16. The highest BCUT2D eigenvalue weighted by Gasteiger charge is 2.29. The average Bonchev–Trinajstić information content (AvgIpc) is 3.07. The van der Waals surface area contributed by atoms with E-state index in [0.717, 1.165) is 31.0 Å². The minimum Gasteiger partial charge on any atom is -0.376 e. The van der Waals surface area contributed by atoms with Crippen LogP contribution in [-0.2, 0) is 11.3 Å². The van der Waals surface area contributed by atoms with Gasteiger partial charge in [0.2, 0.25) is 0 Å². The molecule has 1 unspecified atom stereocenters. The highest BCUT2D eigenvalue weighted by Crippen LogP contribution is 2.17. The monoisotopic (exact) mass is 514 g/mol. The minimum atomic E-state index is -4.17. The molecule has 1 fully saturated rings. The van der Waals surface area contributed by atoms with Crippen molar-refractivity contribution in [1.82, 2.24) is 15.1 Å². The summed E-state index contributed by atoms with van der Waals surface area (Å²) in [5, 5.41) is 3.16. The molecule has 0 aliphatic carbocycles. The van der Waals surface area contributed by atoms with Crippen LogP contribution in [0.1, 0.15) is 12.0 Å². The molecule has 28 heavy (non-hydrogen) atoms. The SMILES string of the molecule is CN=C(NCCN(C)CC(F)(F)F)N1CCC(COCc2ccccc2)C1.I. The van der Waals surface area contributed by atoms with Crippen LogP contribution in [-0.4, -0.2) is 75.4 Å². The van der Waals surface area contributed by atoms with Crippen LogP contribution in [0.15, 0.2) is 35.3 Å². The van der Waals surface area contributed by atoms with Gasteiger partial charge in [0.15, 0.2) is 5.96 Å². The second-order valence-corrected chi connectivity index (χ2v) is 6.93. The number of aliphatic imine (C=N–C) groups is 1. The number of alkyl halides is 3. The Morgan fingerprint density at radius 3 is 2.68 bits per heavy atom. The lowest BCUT2D eigenvalue weighted by Crippen LogP contribution is -2.44. The molecule has 0 radical (unpaired) electrons. The zero-order chi connectivity index (χ0) is 19.7. The van der Waals surface area contributed by atoms with Gasteiger partial charge in [-0.15, -0.1) is 24.0 Å². The lowest BCUT2D eigenvalue weighted by molar-refractivity contribution is -0.142. The molecule has 1 saturated heterocycles. The van der Waals surface area contributed by atoms with Crippen LogP contribution in [0.3, 0.4) is 0 Å². The Hall–Kier alpha value is -1.07. The van der Waals surface area contributed by atoms with Crippen molar-refractivity contribution >= 4 is 29.9 Å². The van der Waals surface area contributed by atoms with Crippen molar-refractivity contribution in [2.45, 2.75) is 19.2 Å². The van der Waals surface area contributed by atoms with Crippen LogP contribution in [0.5, 0.6) is 0 Å². The minimum absolute atomic E-state index is 0. The van der Waals surface area contributed by atoms with Crippen LogP contribution < -0.4 is 5.32 Å². The molecule has 1 aliphatic rings. The largest absolute Gasteiger partial charge is 0.401 e. The Kier molecular flexibility index (Phi) is 11.1. The van der Waals surface area contributed by atoms with Gasteiger partial charge in [-0.25, -0.2) is 0 Å². The summed E-state index contributed by atoms with van der Waals surface area (Å²) in [6.07, 6.45) is -3.15. The van der Waals surface area contributed by atoms with Crippen molar-refractivity contribution in [2.75, 3.05) is 53.4 Å². The third kappa shape index (κ3) is 9.42. The standard InChI is InChI=1S/C19H29F3N4O.HI/c1-23-18(24-9-11-25(2)15-19(20,21)22)26-10-8-17(12-26)14-27-13-16-6-4-3-5-7-16;/h3-7,17H,8-15H2,1-2H3,(H,23,24);1H. The van der Waals surface area contributed by atoms with Gasteiger partial charge in [-0.2, -0.15) is 13.2 Å². The lowest BCUT2D eigenvalue weighted by Gasteiger charge is -2.23. The summed E-state index contributed by atoms with van der Waals surface area (Å²) in [6, 6.07) is 10.1. The molecule has 1 aromatic carbocycles. The van der Waals surface area contributed by atoms with E-state index in [9.17, 15) is 13.2 Å². The Morgan fingerprint density at radius 1 is 1.32 bits per heavy atom. The number of hydrogen-bond donors (Lipinski definition) is 1. The summed E-state index contributed by atoms with van der Waals surface area (Å²) in [7, 11) is 3.16. The van der Waals surface area contributed by atoms with Gasteiger partial charge in [0.1, 0.15) is 0 Å². The van der Waals surface area contributed by atoms with Gasteiger partial charge in [0.25, 0.3) is 0 Å². The van der Waals surface area contributed by atoms with Crippen LogP contribution in [0.2, 0.25) is 0 Å². The number of nitrogens with one attached hydrogen (secondary N) is 1. The summed E-state index contributed by atoms with van der Waals surface area (Å²) < 4.78 is 42.9. The maximum absolute atomic E-state index is 12.4. The number of benzene rings is 1. The fourth-order valence-electron chi connectivity index (χ4n) is 3.15. The van der Waals surface area contributed by atoms with Gasteiger partial charge in [-0.1, -0.05) is 30.3 Å². The van der Waals surface area contributed by atoms with Gasteiger partial charge < -0.3 is 15.0 Å². The number of halogens is 4. The maximum Gasteiger partial charge on any atom is 0.401 e. The Balaban J connectivity index is 0.00000392. The number of hydrogen-bond acceptors (Lipinski definition) is 3. The van der Waals surface area contributed by atoms with Crippen molar-refractivity contribution in [2.24, 2.45) is 10.9 Å². The molecular formula is C19H30F3IN4O. The molecule has 1 heterocycles. The molecule has 0 saturated carbocycles. The van der Waals surface area contributed by atoms with Crippen molar-refractivity contribution < 1.29 is 17.9 Å². The fraction of sp³-hybridized carbons (Fsp3) is 0.632. The summed E-state index contributed by atoms with van der Waals surface area (Å²) >= 11 is 0. The van der Waals surface area contributed by atoms with Crippen LogP contribution >= 0.6 is 24.0 Å². The van der Waals surface area contributed by atoms with E-state index in [-0.39, 0.29) is 24.0 Å². The van der Waals surface area contributed by atoms with Crippen LogP contribution in [0.4, 0.5) is 13.2 Å². The van der Waals surface area contributed by atoms with E-state index in [2.05, 4.69) is 15.2 Å². The second-order valence-electron chi connectivity index (χ2n) is 6.93. The summed E-state index contributed by atoms with van der Waals surface area (Å²) in [4.78, 5) is 7.65. The van der Waals surface area contributed by atoms with E-state index in [1.54, 1.807) is 7.05 Å². The van der Waals surface area contributed by atoms with E-state index in [4.69, 9.17) is 4.74 Å². The van der Waals surface area contributed by atoms with E-state index in [1.165, 1.54) is 11.9 Å². The Labute approximate surface area is 182 Å². The number of nitrogens with zero attached hydrogens (tertiary/aromatic N) is 3. The second kappa shape index (κ2) is 12.5. The first-order valence-corrected chi connectivity index (χ1v) is 9.20. The fourth-order valence-corrected chi connectivity index (χ4v) is 3.15. The summed E-state index contributed by atoms with van der Waals surface area (Å²) in [5.74, 6) is 1.17. The molecule has 9 heteroatoms. The first kappa shape index (κ1) is 25.0. The number of likely N-dealkylation sites (N-methyl/N-ethyl adjacent to an activating group) is 1. The molecule has 0 spiro atoms. The van der Waals surface area contributed by atoms with Gasteiger partial charge >= 0.3 is 6.18 Å². The molecular weight excluding hydrogens is 484 g/mol. The Bertz CT molecular complexity index is 586. The van der Waals surface area contributed by atoms with Crippen LogP contribution in [0, 0.1) is 5.92 Å². The smallest absolute Gasteiger partial charge is 0.376 e. The Morgan fingerprint density at radius 2 is 2.04 bits per heavy atom. The van der Waals surface area contributed by atoms with Crippen molar-refractivity contribution in [3.63, 3.8) is 0 Å². The average molecular weight is 514 g/mol. The topological polar surface area (TPSA) is 40.1 Å². The van der Waals surface area contributed by atoms with Crippen molar-refractivity contribution in [3.05, 3.63) is 35.9 Å². The van der Waals surface area contributed by atoms with Crippen molar-refractivity contribution in [3.8, 4) is 0 Å². The zero-order valence-electron chi connectivity index (χ0n) is 16.4. The maximum atomic E-state index is 12.4. The van der Waals surface area contributed by atoms with E-state index in [1.807, 2.05) is 30.3 Å². The molecule has 0 amide bonds. The highest BCUT2D eigenvalue weighted by atomic mass is 127. The molecule has 2 rings (SSSR count). The number of rotatable bonds is 8. The summed E-state index contributed by atoms with van der Waals surface area (Å²) in [6.45, 7) is 2.83. The van der Waals surface area contributed by atoms with Gasteiger partial charge in [-0.3, -0.25) is 9.89 Å². The molecule has 1 aromatic rings. The van der Waals surface area contributed by atoms with Gasteiger partial charge in [0, 0.05) is 39.1 Å². The lowest BCUT2D eigenvalue weighted by atomic mass is 10.1. The van der Waals surface area contributed by atoms with Crippen molar-refractivity contribution in [1.29, 1.82) is 0 Å². The van der Waals surface area contributed by atoms with E-state index in [0.29, 0.717) is 32.2 Å². The first-order valence-electron chi connectivity index (χ1n) is 9.20. The highest BCUT2D eigenvalue weighted by molar-refractivity contribution is 14.0. The molecule has 0 aromatic heterocycles. The molecule has 1 N–H and O–H groups in total. The van der Waals surface area contributed by atoms with Crippen LogP contribution in [0.25, 0.3) is 0 Å².